The van der Waals surface area contributed by atoms with Crippen LogP contribution in [0.15, 0.2) is 0 Å². The summed E-state index contributed by atoms with van der Waals surface area (Å²) in [5.41, 5.74) is 0. The fraction of sp³-hybridized carbons (Fsp3) is 0.941. The lowest BCUT2D eigenvalue weighted by molar-refractivity contribution is -0.167. The van der Waals surface area contributed by atoms with Crippen molar-refractivity contribution in [2.75, 3.05) is 13.2 Å². The average molecular weight is 807 g/mol. The summed E-state index contributed by atoms with van der Waals surface area (Å²) >= 11 is 0. The highest BCUT2D eigenvalue weighted by atomic mass is 16.6. The van der Waals surface area contributed by atoms with Gasteiger partial charge >= 0.3 is 17.9 Å². The standard InChI is InChI=1S/C51H98O6/c1-4-7-10-13-16-19-21-22-23-24-25-26-27-28-30-32-35-38-41-44-50(53)56-47-48(46-55-49(52)43-40-37-34-31-18-15-12-9-6-3)57-51(54)45-42-39-36-33-29-20-17-14-11-8-5-2/h48H,4-47H2,1-3H3/t48-/m1/s1. The summed E-state index contributed by atoms with van der Waals surface area (Å²) in [5.74, 6) is -0.847. The van der Waals surface area contributed by atoms with Gasteiger partial charge in [0.1, 0.15) is 13.2 Å². The van der Waals surface area contributed by atoms with Crippen molar-refractivity contribution in [1.82, 2.24) is 0 Å². The SMILES string of the molecule is CCCCCCCCCCCCCCCCCCCCCC(=O)OC[C@@H](COC(=O)CCCCCCCCCCC)OC(=O)CCCCCCCCCCCCC. The molecule has 6 heteroatoms. The van der Waals surface area contributed by atoms with Gasteiger partial charge in [-0.2, -0.15) is 0 Å². The second-order valence-corrected chi connectivity index (χ2v) is 17.5. The quantitative estimate of drug-likeness (QED) is 0.0346. The summed E-state index contributed by atoms with van der Waals surface area (Å²) < 4.78 is 16.7. The highest BCUT2D eigenvalue weighted by molar-refractivity contribution is 5.71. The number of ether oxygens (including phenoxy) is 3. The van der Waals surface area contributed by atoms with Crippen LogP contribution in [0.5, 0.6) is 0 Å². The Labute approximate surface area is 355 Å². The average Bonchev–Trinajstić information content (AvgIpc) is 3.21. The van der Waals surface area contributed by atoms with Gasteiger partial charge in [0, 0.05) is 19.3 Å². The molecule has 0 spiro atoms. The molecule has 0 aromatic heterocycles. The van der Waals surface area contributed by atoms with Crippen molar-refractivity contribution in [2.24, 2.45) is 0 Å². The second-order valence-electron chi connectivity index (χ2n) is 17.5. The van der Waals surface area contributed by atoms with Crippen LogP contribution in [0.4, 0.5) is 0 Å². The van der Waals surface area contributed by atoms with Crippen molar-refractivity contribution in [3.63, 3.8) is 0 Å². The smallest absolute Gasteiger partial charge is 0.306 e. The van der Waals surface area contributed by atoms with Crippen molar-refractivity contribution in [1.29, 1.82) is 0 Å². The fourth-order valence-corrected chi connectivity index (χ4v) is 7.74. The minimum absolute atomic E-state index is 0.0622. The third-order valence-corrected chi connectivity index (χ3v) is 11.6. The van der Waals surface area contributed by atoms with E-state index in [9.17, 15) is 14.4 Å². The number of unbranched alkanes of at least 4 members (excludes halogenated alkanes) is 36. The Morgan fingerprint density at radius 1 is 0.281 bits per heavy atom. The summed E-state index contributed by atoms with van der Waals surface area (Å²) in [6, 6.07) is 0. The minimum atomic E-state index is -0.758. The summed E-state index contributed by atoms with van der Waals surface area (Å²) in [4.78, 5) is 37.8. The number of hydrogen-bond donors (Lipinski definition) is 0. The number of carbonyl (C=O) groups excluding carboxylic acids is 3. The molecule has 0 rings (SSSR count). The molecule has 0 saturated heterocycles. The predicted molar refractivity (Wildman–Crippen MR) is 243 cm³/mol. The predicted octanol–water partition coefficient (Wildman–Crippen LogP) is 16.4. The molecular formula is C51H98O6. The van der Waals surface area contributed by atoms with Crippen LogP contribution in [0, 0.1) is 0 Å². The molecule has 0 aliphatic heterocycles. The van der Waals surface area contributed by atoms with E-state index in [1.807, 2.05) is 0 Å². The third kappa shape index (κ3) is 45.3. The van der Waals surface area contributed by atoms with E-state index in [1.165, 1.54) is 193 Å². The first kappa shape index (κ1) is 55.4. The van der Waals surface area contributed by atoms with Gasteiger partial charge in [-0.15, -0.1) is 0 Å². The molecule has 0 saturated carbocycles. The minimum Gasteiger partial charge on any atom is -0.462 e. The summed E-state index contributed by atoms with van der Waals surface area (Å²) in [6.07, 6.45) is 49.5. The monoisotopic (exact) mass is 807 g/mol. The molecule has 0 aliphatic carbocycles. The Balaban J connectivity index is 4.19. The van der Waals surface area contributed by atoms with Gasteiger partial charge in [-0.05, 0) is 19.3 Å². The van der Waals surface area contributed by atoms with Gasteiger partial charge in [-0.3, -0.25) is 14.4 Å². The maximum Gasteiger partial charge on any atom is 0.306 e. The van der Waals surface area contributed by atoms with Gasteiger partial charge in [-0.25, -0.2) is 0 Å². The van der Waals surface area contributed by atoms with E-state index in [2.05, 4.69) is 20.8 Å². The lowest BCUT2D eigenvalue weighted by Gasteiger charge is -2.18. The van der Waals surface area contributed by atoms with Crippen LogP contribution in [0.2, 0.25) is 0 Å². The number of hydrogen-bond acceptors (Lipinski definition) is 6. The van der Waals surface area contributed by atoms with Gasteiger partial charge in [0.25, 0.3) is 0 Å². The van der Waals surface area contributed by atoms with Crippen LogP contribution in [0.25, 0.3) is 0 Å². The largest absolute Gasteiger partial charge is 0.462 e. The lowest BCUT2D eigenvalue weighted by Crippen LogP contribution is -2.30. The molecule has 0 bridgehead atoms. The first-order valence-electron chi connectivity index (χ1n) is 25.5. The molecule has 0 N–H and O–H groups in total. The van der Waals surface area contributed by atoms with Gasteiger partial charge in [0.05, 0.1) is 0 Å². The molecule has 6 nitrogen and oxygen atoms in total. The van der Waals surface area contributed by atoms with E-state index >= 15 is 0 Å². The van der Waals surface area contributed by atoms with Crippen molar-refractivity contribution in [3.8, 4) is 0 Å². The van der Waals surface area contributed by atoms with Crippen LogP contribution >= 0.6 is 0 Å². The summed E-state index contributed by atoms with van der Waals surface area (Å²) in [6.45, 7) is 6.65. The van der Waals surface area contributed by atoms with E-state index in [-0.39, 0.29) is 31.1 Å². The van der Waals surface area contributed by atoms with Gasteiger partial charge in [-0.1, -0.05) is 252 Å². The second kappa shape index (κ2) is 47.1. The van der Waals surface area contributed by atoms with Crippen LogP contribution in [0.3, 0.4) is 0 Å². The zero-order chi connectivity index (χ0) is 41.5. The zero-order valence-corrected chi connectivity index (χ0v) is 38.6. The molecule has 338 valence electrons. The molecule has 0 fully saturated rings. The lowest BCUT2D eigenvalue weighted by atomic mass is 10.0. The van der Waals surface area contributed by atoms with Crippen molar-refractivity contribution >= 4 is 17.9 Å². The first-order chi connectivity index (χ1) is 28.0. The van der Waals surface area contributed by atoms with Crippen molar-refractivity contribution < 1.29 is 28.6 Å². The summed E-state index contributed by atoms with van der Waals surface area (Å²) in [7, 11) is 0. The van der Waals surface area contributed by atoms with E-state index in [1.54, 1.807) is 0 Å². The van der Waals surface area contributed by atoms with E-state index in [4.69, 9.17) is 14.2 Å². The fourth-order valence-electron chi connectivity index (χ4n) is 7.74. The molecule has 1 atom stereocenters. The Kier molecular flexibility index (Phi) is 45.8. The van der Waals surface area contributed by atoms with Crippen molar-refractivity contribution in [3.05, 3.63) is 0 Å². The summed E-state index contributed by atoms with van der Waals surface area (Å²) in [5, 5.41) is 0. The molecule has 0 aromatic rings. The normalized spacial score (nSPS) is 11.8. The molecule has 0 aromatic carbocycles. The van der Waals surface area contributed by atoms with Gasteiger partial charge in [0.15, 0.2) is 6.10 Å². The Morgan fingerprint density at radius 3 is 0.702 bits per heavy atom. The highest BCUT2D eigenvalue weighted by Crippen LogP contribution is 2.17. The van der Waals surface area contributed by atoms with Crippen molar-refractivity contribution in [2.45, 2.75) is 297 Å². The highest BCUT2D eigenvalue weighted by Gasteiger charge is 2.19. The molecule has 0 unspecified atom stereocenters. The third-order valence-electron chi connectivity index (χ3n) is 11.6. The molecule has 0 radical (unpaired) electrons. The maximum absolute atomic E-state index is 12.7. The maximum atomic E-state index is 12.7. The Morgan fingerprint density at radius 2 is 0.474 bits per heavy atom. The van der Waals surface area contributed by atoms with Crippen LogP contribution < -0.4 is 0 Å². The van der Waals surface area contributed by atoms with E-state index < -0.39 is 6.10 Å². The molecule has 0 aliphatic rings. The molecule has 57 heavy (non-hydrogen) atoms. The molecular weight excluding hydrogens is 709 g/mol. The first-order valence-corrected chi connectivity index (χ1v) is 25.5. The molecule has 0 heterocycles. The topological polar surface area (TPSA) is 78.9 Å². The number of esters is 3. The Bertz CT molecular complexity index is 844. The van der Waals surface area contributed by atoms with Crippen LogP contribution in [-0.2, 0) is 28.6 Å². The van der Waals surface area contributed by atoms with Gasteiger partial charge in [0.2, 0.25) is 0 Å². The van der Waals surface area contributed by atoms with E-state index in [0.717, 1.165) is 57.8 Å². The van der Waals surface area contributed by atoms with Crippen LogP contribution in [0.1, 0.15) is 290 Å². The number of rotatable bonds is 47. The van der Waals surface area contributed by atoms with E-state index in [0.29, 0.717) is 19.3 Å². The van der Waals surface area contributed by atoms with Gasteiger partial charge < -0.3 is 14.2 Å². The van der Waals surface area contributed by atoms with Crippen LogP contribution in [-0.4, -0.2) is 37.2 Å². The zero-order valence-electron chi connectivity index (χ0n) is 38.6. The number of carbonyl (C=O) groups is 3. The Hall–Kier alpha value is -1.59. The molecule has 0 amide bonds.